The third-order valence-electron chi connectivity index (χ3n) is 6.44. The van der Waals surface area contributed by atoms with Crippen molar-refractivity contribution >= 4 is 0 Å². The van der Waals surface area contributed by atoms with Gasteiger partial charge in [-0.15, -0.1) is 15.3 Å². The minimum atomic E-state index is -2.80. The average Bonchev–Trinajstić information content (AvgIpc) is 3.52. The van der Waals surface area contributed by atoms with Gasteiger partial charge in [-0.2, -0.15) is 8.78 Å². The summed E-state index contributed by atoms with van der Waals surface area (Å²) in [6.07, 6.45) is 4.58. The summed E-state index contributed by atoms with van der Waals surface area (Å²) in [7, 11) is 0. The quantitative estimate of drug-likeness (QED) is 0.435. The number of pyridine rings is 1. The topological polar surface area (TPSA) is 85.8 Å². The zero-order chi connectivity index (χ0) is 22.4. The molecule has 33 heavy (non-hydrogen) atoms. The number of halogens is 2. The molecule has 2 aliphatic rings. The number of aromatic nitrogens is 6. The maximum atomic E-state index is 12.6. The number of fused-ring (bicyclic) bond motifs is 1. The van der Waals surface area contributed by atoms with E-state index < -0.39 is 12.3 Å². The molecule has 1 aliphatic carbocycles. The molecule has 1 aliphatic heterocycles. The Bertz CT molecular complexity index is 1280. The van der Waals surface area contributed by atoms with Gasteiger partial charge in [0.05, 0.1) is 24.0 Å². The normalized spacial score (nSPS) is 16.3. The largest absolute Gasteiger partial charge is 0.415 e. The second kappa shape index (κ2) is 8.11. The van der Waals surface area contributed by atoms with Crippen LogP contribution in [-0.4, -0.2) is 41.1 Å². The molecule has 0 amide bonds. The summed E-state index contributed by atoms with van der Waals surface area (Å²) in [4.78, 5) is 6.95. The van der Waals surface area contributed by atoms with E-state index in [4.69, 9.17) is 4.42 Å². The highest BCUT2D eigenvalue weighted by Crippen LogP contribution is 2.36. The predicted molar refractivity (Wildman–Crippen MR) is 114 cm³/mol. The van der Waals surface area contributed by atoms with E-state index in [1.54, 1.807) is 16.8 Å². The van der Waals surface area contributed by atoms with Gasteiger partial charge >= 0.3 is 6.43 Å². The average molecular weight is 449 g/mol. The standard InChI is InChI=1S/C23H21F2N7O/c24-21(25)23-29-28-22(33-23)14-7-8-16(26-9-14)11-32-13-20(27-30-32)18-6-1-3-15-10-31(12-19(15)18)17-4-2-5-17/h1,3,6-9,13,17,21H,2,4-5,10-12H2. The smallest absolute Gasteiger partial charge is 0.314 e. The zero-order valence-corrected chi connectivity index (χ0v) is 17.7. The van der Waals surface area contributed by atoms with Crippen LogP contribution in [0.4, 0.5) is 8.78 Å². The van der Waals surface area contributed by atoms with Gasteiger partial charge in [0, 0.05) is 30.9 Å². The third kappa shape index (κ3) is 3.80. The molecule has 10 heteroatoms. The molecular formula is C23H21F2N7O. The fraction of sp³-hybridized carbons (Fsp3) is 0.348. The van der Waals surface area contributed by atoms with E-state index in [0.29, 0.717) is 18.2 Å². The van der Waals surface area contributed by atoms with Crippen molar-refractivity contribution < 1.29 is 13.2 Å². The van der Waals surface area contributed by atoms with Gasteiger partial charge in [0.15, 0.2) is 0 Å². The first-order valence-electron chi connectivity index (χ1n) is 11.0. The Labute approximate surface area is 188 Å². The Kier molecular flexibility index (Phi) is 4.94. The molecule has 0 N–H and O–H groups in total. The first-order valence-corrected chi connectivity index (χ1v) is 11.0. The van der Waals surface area contributed by atoms with Crippen molar-refractivity contribution in [2.24, 2.45) is 0 Å². The summed E-state index contributed by atoms with van der Waals surface area (Å²) >= 11 is 0. The monoisotopic (exact) mass is 449 g/mol. The van der Waals surface area contributed by atoms with Gasteiger partial charge in [-0.25, -0.2) is 4.68 Å². The lowest BCUT2D eigenvalue weighted by molar-refractivity contribution is 0.116. The molecule has 1 fully saturated rings. The number of alkyl halides is 2. The van der Waals surface area contributed by atoms with Crippen LogP contribution in [0.3, 0.4) is 0 Å². The Morgan fingerprint density at radius 1 is 1.06 bits per heavy atom. The summed E-state index contributed by atoms with van der Waals surface area (Å²) in [5.41, 5.74) is 5.94. The van der Waals surface area contributed by atoms with Gasteiger partial charge in [0.2, 0.25) is 5.89 Å². The molecule has 4 heterocycles. The summed E-state index contributed by atoms with van der Waals surface area (Å²) in [5.74, 6) is -0.686. The molecule has 6 rings (SSSR count). The van der Waals surface area contributed by atoms with Gasteiger partial charge in [-0.3, -0.25) is 9.88 Å². The summed E-state index contributed by atoms with van der Waals surface area (Å²) < 4.78 is 32.0. The van der Waals surface area contributed by atoms with Crippen molar-refractivity contribution in [3.63, 3.8) is 0 Å². The van der Waals surface area contributed by atoms with Gasteiger partial charge in [0.25, 0.3) is 5.89 Å². The molecule has 3 aromatic heterocycles. The number of hydrogen-bond acceptors (Lipinski definition) is 7. The van der Waals surface area contributed by atoms with Crippen molar-refractivity contribution in [1.29, 1.82) is 0 Å². The minimum absolute atomic E-state index is 0.0151. The summed E-state index contributed by atoms with van der Waals surface area (Å²) in [6.45, 7) is 2.41. The van der Waals surface area contributed by atoms with Crippen molar-refractivity contribution in [3.05, 3.63) is 65.4 Å². The number of nitrogens with zero attached hydrogens (tertiary/aromatic N) is 7. The first kappa shape index (κ1) is 20.1. The van der Waals surface area contributed by atoms with Crippen LogP contribution < -0.4 is 0 Å². The van der Waals surface area contributed by atoms with Crippen LogP contribution in [0, 0.1) is 0 Å². The van der Waals surface area contributed by atoms with Gasteiger partial charge in [0.1, 0.15) is 5.69 Å². The van der Waals surface area contributed by atoms with Crippen LogP contribution in [0.5, 0.6) is 0 Å². The lowest BCUT2D eigenvalue weighted by Crippen LogP contribution is -2.36. The molecule has 168 valence electrons. The van der Waals surface area contributed by atoms with E-state index >= 15 is 0 Å². The molecule has 0 unspecified atom stereocenters. The highest BCUT2D eigenvalue weighted by molar-refractivity contribution is 5.65. The molecule has 0 atom stereocenters. The Balaban J connectivity index is 1.17. The van der Waals surface area contributed by atoms with Crippen LogP contribution in [0.1, 0.15) is 48.4 Å². The fourth-order valence-corrected chi connectivity index (χ4v) is 4.45. The van der Waals surface area contributed by atoms with E-state index in [0.717, 1.165) is 30.0 Å². The molecule has 1 aromatic carbocycles. The molecule has 0 saturated heterocycles. The van der Waals surface area contributed by atoms with Crippen molar-refractivity contribution in [3.8, 4) is 22.7 Å². The maximum Gasteiger partial charge on any atom is 0.314 e. The van der Waals surface area contributed by atoms with E-state index in [2.05, 4.69) is 48.6 Å². The van der Waals surface area contributed by atoms with Crippen molar-refractivity contribution in [2.45, 2.75) is 51.4 Å². The fourth-order valence-electron chi connectivity index (χ4n) is 4.45. The first-order chi connectivity index (χ1) is 16.1. The number of hydrogen-bond donors (Lipinski definition) is 0. The van der Waals surface area contributed by atoms with Gasteiger partial charge < -0.3 is 4.42 Å². The zero-order valence-electron chi connectivity index (χ0n) is 17.7. The summed E-state index contributed by atoms with van der Waals surface area (Å²) in [6, 6.07) is 10.6. The van der Waals surface area contributed by atoms with E-state index in [1.807, 2.05) is 6.20 Å². The molecule has 4 aromatic rings. The highest BCUT2D eigenvalue weighted by atomic mass is 19.3. The van der Waals surface area contributed by atoms with Crippen molar-refractivity contribution in [1.82, 2.24) is 35.1 Å². The maximum absolute atomic E-state index is 12.6. The lowest BCUT2D eigenvalue weighted by atomic mass is 9.92. The van der Waals surface area contributed by atoms with Crippen LogP contribution >= 0.6 is 0 Å². The van der Waals surface area contributed by atoms with Gasteiger partial charge in [-0.1, -0.05) is 29.8 Å². The second-order valence-corrected chi connectivity index (χ2v) is 8.52. The summed E-state index contributed by atoms with van der Waals surface area (Å²) in [5, 5.41) is 15.7. The van der Waals surface area contributed by atoms with Gasteiger partial charge in [-0.05, 0) is 36.1 Å². The van der Waals surface area contributed by atoms with Crippen molar-refractivity contribution in [2.75, 3.05) is 0 Å². The molecule has 0 spiro atoms. The minimum Gasteiger partial charge on any atom is -0.415 e. The predicted octanol–water partition coefficient (Wildman–Crippen LogP) is 4.24. The SMILES string of the molecule is FC(F)c1nnc(-c2ccc(Cn3cc(-c4cccc5c4CN(C4CCC4)C5)nn3)nc2)o1. The van der Waals surface area contributed by atoms with Crippen LogP contribution in [-0.2, 0) is 19.6 Å². The third-order valence-corrected chi connectivity index (χ3v) is 6.44. The second-order valence-electron chi connectivity index (χ2n) is 8.52. The Morgan fingerprint density at radius 3 is 2.70 bits per heavy atom. The Hall–Kier alpha value is -3.53. The van der Waals surface area contributed by atoms with Crippen LogP contribution in [0.15, 0.2) is 47.1 Å². The molecule has 1 saturated carbocycles. The molecule has 0 bridgehead atoms. The highest BCUT2D eigenvalue weighted by Gasteiger charge is 2.31. The number of benzene rings is 1. The Morgan fingerprint density at radius 2 is 1.97 bits per heavy atom. The van der Waals surface area contributed by atoms with Crippen LogP contribution in [0.2, 0.25) is 0 Å². The lowest BCUT2D eigenvalue weighted by Gasteiger charge is -2.34. The van der Waals surface area contributed by atoms with E-state index in [-0.39, 0.29) is 5.89 Å². The van der Waals surface area contributed by atoms with E-state index in [1.165, 1.54) is 36.6 Å². The molecule has 0 radical (unpaired) electrons. The molecule has 8 nitrogen and oxygen atoms in total. The van der Waals surface area contributed by atoms with Crippen LogP contribution in [0.25, 0.3) is 22.7 Å². The molecular weight excluding hydrogens is 428 g/mol. The van der Waals surface area contributed by atoms with E-state index in [9.17, 15) is 8.78 Å². The number of rotatable bonds is 6.